The highest BCUT2D eigenvalue weighted by Gasteiger charge is 2.47. The molecule has 1 heterocycles. The summed E-state index contributed by atoms with van der Waals surface area (Å²) in [6.45, 7) is 6.15. The molecule has 1 atom stereocenters. The Kier molecular flexibility index (Phi) is 7.01. The van der Waals surface area contributed by atoms with Gasteiger partial charge in [0.15, 0.2) is 0 Å². The summed E-state index contributed by atoms with van der Waals surface area (Å²) < 4.78 is 2.61. The van der Waals surface area contributed by atoms with Crippen LogP contribution in [0, 0.1) is 0 Å². The molecule has 1 aromatic heterocycles. The number of rotatable bonds is 7. The largest absolute Gasteiger partial charge is 0.309 e. The second-order valence-electron chi connectivity index (χ2n) is 11.6. The highest BCUT2D eigenvalue weighted by Crippen LogP contribution is 2.60. The monoisotopic (exact) mass is 607 g/mol. The fourth-order valence-electron chi connectivity index (χ4n) is 7.44. The quantitative estimate of drug-likeness (QED) is 0.163. The maximum atomic E-state index is 3.99. The minimum atomic E-state index is -0.450. The topological polar surface area (TPSA) is 3.24 Å². The van der Waals surface area contributed by atoms with E-state index in [9.17, 15) is 0 Å². The van der Waals surface area contributed by atoms with E-state index in [1.165, 1.54) is 59.3 Å². The van der Waals surface area contributed by atoms with Crippen LogP contribution in [0.25, 0.3) is 31.3 Å². The van der Waals surface area contributed by atoms with Crippen LogP contribution >= 0.6 is 11.3 Å². The summed E-state index contributed by atoms with van der Waals surface area (Å²) in [6, 6.07) is 52.9. The molecule has 2 heteroatoms. The van der Waals surface area contributed by atoms with Crippen LogP contribution in [0.1, 0.15) is 23.6 Å². The molecule has 0 aliphatic heterocycles. The third-order valence-electron chi connectivity index (χ3n) is 9.28. The smallest absolute Gasteiger partial charge is 0.0710 e. The van der Waals surface area contributed by atoms with Gasteiger partial charge in [0, 0.05) is 32.4 Å². The molecule has 1 unspecified atom stereocenters. The lowest BCUT2D eigenvalue weighted by atomic mass is 9.67. The molecular formula is C44H33NS. The summed E-state index contributed by atoms with van der Waals surface area (Å²) >= 11 is 1.91. The molecule has 1 aliphatic rings. The number of benzene rings is 6. The Morgan fingerprint density at radius 2 is 1.26 bits per heavy atom. The van der Waals surface area contributed by atoms with Crippen LogP contribution in [-0.2, 0) is 5.41 Å². The number of thiophene rings is 1. The van der Waals surface area contributed by atoms with Crippen molar-refractivity contribution in [3.8, 4) is 11.1 Å². The molecule has 0 amide bonds. The number of hydrogen-bond donors (Lipinski definition) is 0. The van der Waals surface area contributed by atoms with E-state index in [0.29, 0.717) is 0 Å². The molecule has 6 aromatic carbocycles. The molecule has 8 rings (SSSR count). The van der Waals surface area contributed by atoms with Crippen molar-refractivity contribution >= 4 is 48.6 Å². The van der Waals surface area contributed by atoms with Crippen molar-refractivity contribution in [3.63, 3.8) is 0 Å². The van der Waals surface area contributed by atoms with Crippen molar-refractivity contribution in [3.05, 3.63) is 199 Å². The Balaban J connectivity index is 1.47. The van der Waals surface area contributed by atoms with E-state index in [1.807, 2.05) is 17.4 Å². The summed E-state index contributed by atoms with van der Waals surface area (Å²) in [6.07, 6.45) is 8.43. The number of anilines is 3. The van der Waals surface area contributed by atoms with E-state index in [0.717, 1.165) is 11.4 Å². The van der Waals surface area contributed by atoms with Gasteiger partial charge in [-0.1, -0.05) is 146 Å². The Labute approximate surface area is 274 Å². The maximum Gasteiger partial charge on any atom is 0.0710 e. The zero-order valence-corrected chi connectivity index (χ0v) is 26.5. The third kappa shape index (κ3) is 4.14. The molecule has 7 aromatic rings. The molecule has 0 bridgehead atoms. The summed E-state index contributed by atoms with van der Waals surface area (Å²) in [7, 11) is 0. The number of nitrogens with zero attached hydrogens (tertiary/aromatic N) is 1. The molecule has 0 radical (unpaired) electrons. The van der Waals surface area contributed by atoms with Gasteiger partial charge in [-0.15, -0.1) is 11.3 Å². The van der Waals surface area contributed by atoms with Crippen LogP contribution in [-0.4, -0.2) is 0 Å². The lowest BCUT2D eigenvalue weighted by molar-refractivity contribution is 0.766. The van der Waals surface area contributed by atoms with Gasteiger partial charge in [0.25, 0.3) is 0 Å². The molecule has 0 N–H and O–H groups in total. The van der Waals surface area contributed by atoms with Crippen molar-refractivity contribution in [1.29, 1.82) is 0 Å². The number of allylic oxidation sites excluding steroid dienone is 5. The number of hydrogen-bond acceptors (Lipinski definition) is 2. The van der Waals surface area contributed by atoms with Crippen LogP contribution in [0.15, 0.2) is 182 Å². The van der Waals surface area contributed by atoms with Crippen LogP contribution in [0.4, 0.5) is 17.1 Å². The van der Waals surface area contributed by atoms with Crippen molar-refractivity contribution in [2.24, 2.45) is 0 Å². The predicted octanol–water partition coefficient (Wildman–Crippen LogP) is 12.5. The Morgan fingerprint density at radius 3 is 1.93 bits per heavy atom. The molecule has 1 nitrogen and oxygen atoms in total. The van der Waals surface area contributed by atoms with Crippen molar-refractivity contribution in [2.75, 3.05) is 4.90 Å². The molecule has 0 fully saturated rings. The molecular weight excluding hydrogens is 575 g/mol. The first-order valence-corrected chi connectivity index (χ1v) is 16.6. The van der Waals surface area contributed by atoms with E-state index in [-0.39, 0.29) is 0 Å². The highest BCUT2D eigenvalue weighted by molar-refractivity contribution is 7.27. The first-order valence-electron chi connectivity index (χ1n) is 15.8. The zero-order valence-electron chi connectivity index (χ0n) is 25.7. The Hall–Kier alpha value is -5.44. The fraction of sp³-hybridized carbons (Fsp3) is 0.0455. The number of fused-ring (bicyclic) bond motifs is 7. The second-order valence-corrected chi connectivity index (χ2v) is 12.6. The molecule has 0 spiro atoms. The van der Waals surface area contributed by atoms with Gasteiger partial charge in [-0.25, -0.2) is 0 Å². The predicted molar refractivity (Wildman–Crippen MR) is 199 cm³/mol. The average Bonchev–Trinajstić information content (AvgIpc) is 3.65. The second kappa shape index (κ2) is 11.5. The normalized spacial score (nSPS) is 15.7. The van der Waals surface area contributed by atoms with Crippen LogP contribution < -0.4 is 4.90 Å². The maximum absolute atomic E-state index is 3.99. The first kappa shape index (κ1) is 28.1. The molecule has 0 saturated heterocycles. The molecule has 1 aliphatic carbocycles. The van der Waals surface area contributed by atoms with E-state index in [1.54, 1.807) is 0 Å². The van der Waals surface area contributed by atoms with Crippen molar-refractivity contribution < 1.29 is 0 Å². The summed E-state index contributed by atoms with van der Waals surface area (Å²) in [5, 5.41) is 2.58. The Morgan fingerprint density at radius 1 is 0.630 bits per heavy atom. The van der Waals surface area contributed by atoms with E-state index in [4.69, 9.17) is 0 Å². The lowest BCUT2D eigenvalue weighted by Crippen LogP contribution is -2.29. The minimum Gasteiger partial charge on any atom is -0.309 e. The zero-order chi connectivity index (χ0) is 31.1. The van der Waals surface area contributed by atoms with E-state index >= 15 is 0 Å². The Bertz CT molecular complexity index is 2240. The van der Waals surface area contributed by atoms with E-state index in [2.05, 4.69) is 182 Å². The van der Waals surface area contributed by atoms with Crippen molar-refractivity contribution in [1.82, 2.24) is 0 Å². The van der Waals surface area contributed by atoms with Crippen LogP contribution in [0.2, 0.25) is 0 Å². The van der Waals surface area contributed by atoms with Gasteiger partial charge in [-0.05, 0) is 65.1 Å². The van der Waals surface area contributed by atoms with E-state index < -0.39 is 5.41 Å². The van der Waals surface area contributed by atoms with Gasteiger partial charge >= 0.3 is 0 Å². The summed E-state index contributed by atoms with van der Waals surface area (Å²) in [4.78, 5) is 2.39. The average molecular weight is 608 g/mol. The van der Waals surface area contributed by atoms with Gasteiger partial charge in [-0.2, -0.15) is 0 Å². The minimum absolute atomic E-state index is 0.450. The molecule has 220 valence electrons. The van der Waals surface area contributed by atoms with Gasteiger partial charge < -0.3 is 4.90 Å². The van der Waals surface area contributed by atoms with Crippen molar-refractivity contribution in [2.45, 2.75) is 12.3 Å². The fourth-order valence-corrected chi connectivity index (χ4v) is 8.81. The first-order chi connectivity index (χ1) is 22.8. The lowest BCUT2D eigenvalue weighted by Gasteiger charge is -2.34. The number of para-hydroxylation sites is 2. The van der Waals surface area contributed by atoms with Gasteiger partial charge in [0.05, 0.1) is 15.8 Å². The SMILES string of the molecule is C=C/C=C\C(=C/C)C1(c2ccccc2)c2ccccc2-c2c1ccc1c2sc2c(N(c3ccccc3)c3ccccc3)cccc21. The highest BCUT2D eigenvalue weighted by atomic mass is 32.1. The standard InChI is InChI=1S/C44H33NS/c1-3-5-18-31(4-2)44(32-19-9-6-10-20-32)38-27-16-15-25-37(38)41-39(44)30-29-36-35-26-17-28-40(42(35)46-43(36)41)45(33-21-11-7-12-22-33)34-23-13-8-14-24-34/h3-30H,1H2,2H3/b18-5-,31-4+. The summed E-state index contributed by atoms with van der Waals surface area (Å²) in [5.74, 6) is 0. The molecule has 0 saturated carbocycles. The van der Waals surface area contributed by atoms with Crippen LogP contribution in [0.3, 0.4) is 0 Å². The molecule has 46 heavy (non-hydrogen) atoms. The van der Waals surface area contributed by atoms with Gasteiger partial charge in [-0.3, -0.25) is 0 Å². The summed E-state index contributed by atoms with van der Waals surface area (Å²) in [5.41, 5.74) is 10.8. The van der Waals surface area contributed by atoms with Crippen LogP contribution in [0.5, 0.6) is 0 Å². The third-order valence-corrected chi connectivity index (χ3v) is 10.5. The van der Waals surface area contributed by atoms with Gasteiger partial charge in [0.2, 0.25) is 0 Å². The van der Waals surface area contributed by atoms with Gasteiger partial charge in [0.1, 0.15) is 0 Å².